The summed E-state index contributed by atoms with van der Waals surface area (Å²) in [6, 6.07) is 27.1. The number of carboxylic acids is 1. The van der Waals surface area contributed by atoms with Crippen molar-refractivity contribution in [2.24, 2.45) is 0 Å². The number of nitrogens with one attached hydrogen (secondary N) is 2. The largest absolute Gasteiger partial charge is 0.478 e. The molecular weight excluding hydrogens is 1590 g/mol. The first-order valence-corrected chi connectivity index (χ1v) is 26.9. The standard InChI is InChI=1S/C9H8INO3.C9H10INO.C8H8INO2.C7H6INO2.C7H8IN.C4H6O3.5CH4.Cl2OS/c1-5(12)11-8-4-6(10)2-3-7(8)9(13)14;1-6-3-4-8(10)5-9(6)11-7(2)12;1-12-8(11)6-3-2-5(9)4-7(6)10;1-5-2-3-6(8)4-7(5)9(10)11;1-5-2-3-6(8)4-7(5)9;1-3(5)7-4(2)6;;;;;;1-4(2)3/h2-4H,1H3,(H,11,12)(H,13,14);3-5H,1-2H3,(H,11,12);2-4H,10H2,1H3;2-4H,1H3;2-4H,9H2,1H3;1-2H3;5*1H4;. The van der Waals surface area contributed by atoms with Gasteiger partial charge in [-0.15, -0.1) is 0 Å². The van der Waals surface area contributed by atoms with Gasteiger partial charge in [-0.25, -0.2) is 13.8 Å². The number of nitro groups is 1. The number of carbonyl (C=O) groups is 6. The van der Waals surface area contributed by atoms with Crippen LogP contribution < -0.4 is 22.1 Å². The molecular formula is C49H66Cl2I5N5O12S. The van der Waals surface area contributed by atoms with E-state index in [1.165, 1.54) is 44.4 Å². The monoisotopic (exact) mass is 1650 g/mol. The average Bonchev–Trinajstić information content (AvgIpc) is 3.21. The number of aromatic carboxylic acids is 1. The predicted molar refractivity (Wildman–Crippen MR) is 348 cm³/mol. The number of anilines is 4. The number of rotatable bonds is 5. The van der Waals surface area contributed by atoms with Crippen molar-refractivity contribution in [3.05, 3.63) is 147 Å². The lowest BCUT2D eigenvalue weighted by molar-refractivity contribution is -0.385. The van der Waals surface area contributed by atoms with Gasteiger partial charge in [0.05, 0.1) is 28.8 Å². The van der Waals surface area contributed by atoms with Gasteiger partial charge in [-0.05, 0) is 212 Å². The molecule has 74 heavy (non-hydrogen) atoms. The van der Waals surface area contributed by atoms with Crippen molar-refractivity contribution in [2.75, 3.05) is 29.2 Å². The van der Waals surface area contributed by atoms with E-state index < -0.39 is 33.1 Å². The molecule has 414 valence electrons. The number of aryl methyl sites for hydroxylation is 3. The maximum Gasteiger partial charge on any atom is 0.339 e. The molecule has 0 unspecified atom stereocenters. The molecule has 2 amide bonds. The highest BCUT2D eigenvalue weighted by atomic mass is 127. The molecule has 17 nitrogen and oxygen atoms in total. The highest BCUT2D eigenvalue weighted by Gasteiger charge is 2.12. The van der Waals surface area contributed by atoms with Crippen molar-refractivity contribution < 1.29 is 52.5 Å². The Morgan fingerprint density at radius 3 is 1.24 bits per heavy atom. The lowest BCUT2D eigenvalue weighted by atomic mass is 10.2. The van der Waals surface area contributed by atoms with E-state index in [2.05, 4.69) is 132 Å². The number of methoxy groups -OCH3 is 1. The molecule has 0 aliphatic heterocycles. The van der Waals surface area contributed by atoms with Crippen LogP contribution in [0.1, 0.15) is 102 Å². The summed E-state index contributed by atoms with van der Waals surface area (Å²) in [6.45, 7) is 10.9. The maximum atomic E-state index is 11.0. The second-order valence-corrected chi connectivity index (χ2v) is 21.8. The number of carbonyl (C=O) groups excluding carboxylic acids is 5. The molecule has 0 atom stereocenters. The number of nitrogen functional groups attached to an aromatic ring is 2. The van der Waals surface area contributed by atoms with Gasteiger partial charge in [0, 0.05) is 95.6 Å². The number of hydrogen-bond donors (Lipinski definition) is 5. The van der Waals surface area contributed by atoms with Gasteiger partial charge in [0.1, 0.15) is 0 Å². The molecule has 0 saturated heterocycles. The number of hydrogen-bond acceptors (Lipinski definition) is 13. The fourth-order valence-electron chi connectivity index (χ4n) is 4.34. The van der Waals surface area contributed by atoms with Gasteiger partial charge >= 0.3 is 23.9 Å². The summed E-state index contributed by atoms with van der Waals surface area (Å²) in [5.41, 5.74) is 17.4. The zero-order valence-electron chi connectivity index (χ0n) is 37.8. The van der Waals surface area contributed by atoms with Crippen molar-refractivity contribution in [3.63, 3.8) is 0 Å². The molecule has 0 aliphatic carbocycles. The predicted octanol–water partition coefficient (Wildman–Crippen LogP) is 15.2. The summed E-state index contributed by atoms with van der Waals surface area (Å²) in [5, 5.41) is 24.4. The fraction of sp³-hybridized carbons (Fsp3) is 0.265. The normalized spacial score (nSPS) is 8.70. The highest BCUT2D eigenvalue weighted by molar-refractivity contribution is 14.1. The molecule has 7 N–H and O–H groups in total. The number of esters is 3. The van der Waals surface area contributed by atoms with Gasteiger partial charge in [0.2, 0.25) is 21.0 Å². The third-order valence-corrected chi connectivity index (χ3v) is 10.7. The lowest BCUT2D eigenvalue weighted by Crippen LogP contribution is -2.10. The maximum absolute atomic E-state index is 11.0. The Morgan fingerprint density at radius 2 is 0.919 bits per heavy atom. The first-order valence-electron chi connectivity index (χ1n) is 18.7. The van der Waals surface area contributed by atoms with Gasteiger partial charge in [0.25, 0.3) is 5.69 Å². The van der Waals surface area contributed by atoms with Crippen LogP contribution in [0.5, 0.6) is 0 Å². The molecule has 0 aromatic heterocycles. The second-order valence-electron chi connectivity index (χ2n) is 13.0. The van der Waals surface area contributed by atoms with Crippen molar-refractivity contribution in [1.82, 2.24) is 0 Å². The van der Waals surface area contributed by atoms with Crippen LogP contribution in [0.25, 0.3) is 0 Å². The molecule has 5 aromatic carbocycles. The Hall–Kier alpha value is -3.50. The first kappa shape index (κ1) is 84.5. The van der Waals surface area contributed by atoms with E-state index in [1.54, 1.807) is 43.3 Å². The Labute approximate surface area is 515 Å². The van der Waals surface area contributed by atoms with Crippen LogP contribution >= 0.6 is 134 Å². The van der Waals surface area contributed by atoms with Crippen molar-refractivity contribution in [2.45, 2.75) is 85.6 Å². The molecule has 0 spiro atoms. The third kappa shape index (κ3) is 40.8. The number of halogens is 7. The number of nitrogens with two attached hydrogens (primary N) is 2. The van der Waals surface area contributed by atoms with Crippen LogP contribution in [0.15, 0.2) is 91.0 Å². The molecule has 5 aromatic rings. The minimum Gasteiger partial charge on any atom is -0.478 e. The van der Waals surface area contributed by atoms with Gasteiger partial charge in [-0.2, -0.15) is 0 Å². The Kier molecular flexibility index (Phi) is 52.1. The summed E-state index contributed by atoms with van der Waals surface area (Å²) in [5.74, 6) is -2.89. The summed E-state index contributed by atoms with van der Waals surface area (Å²) in [6.07, 6.45) is 0. The minimum atomic E-state index is -1.67. The molecule has 0 bridgehead atoms. The zero-order chi connectivity index (χ0) is 53.7. The van der Waals surface area contributed by atoms with Gasteiger partial charge in [-0.1, -0.05) is 55.3 Å². The molecule has 0 fully saturated rings. The number of benzene rings is 5. The first-order chi connectivity index (χ1) is 31.9. The van der Waals surface area contributed by atoms with Crippen LogP contribution in [-0.4, -0.2) is 57.0 Å². The molecule has 0 aliphatic rings. The smallest absolute Gasteiger partial charge is 0.339 e. The highest BCUT2D eigenvalue weighted by Crippen LogP contribution is 2.22. The van der Waals surface area contributed by atoms with Crippen LogP contribution in [0.2, 0.25) is 0 Å². The Morgan fingerprint density at radius 1 is 0.581 bits per heavy atom. The summed E-state index contributed by atoms with van der Waals surface area (Å²) in [4.78, 5) is 73.0. The zero-order valence-corrected chi connectivity index (χ0v) is 50.9. The second kappa shape index (κ2) is 45.7. The average molecular weight is 1650 g/mol. The molecule has 25 heteroatoms. The molecule has 5 rings (SSSR count). The van der Waals surface area contributed by atoms with Crippen molar-refractivity contribution in [3.8, 4) is 0 Å². The number of ether oxygens (including phenoxy) is 2. The van der Waals surface area contributed by atoms with Crippen molar-refractivity contribution in [1.29, 1.82) is 0 Å². The van der Waals surface area contributed by atoms with E-state index in [0.29, 0.717) is 22.5 Å². The van der Waals surface area contributed by atoms with Gasteiger partial charge < -0.3 is 36.7 Å². The van der Waals surface area contributed by atoms with E-state index >= 15 is 0 Å². The SMILES string of the molecule is C.C.C.C.C.CC(=O)Nc1cc(I)ccc1C.CC(=O)Nc1cc(I)ccc1C(=O)O.CC(=O)OC(C)=O.COC(=O)c1ccc(I)cc1N.Cc1ccc(I)cc1N.Cc1ccc(I)cc1[N+](=O)[O-].O=S(Cl)Cl. The topological polar surface area (TPSA) is 277 Å². The summed E-state index contributed by atoms with van der Waals surface area (Å²) in [7, 11) is 8.69. The van der Waals surface area contributed by atoms with Gasteiger partial charge in [0.15, 0.2) is 0 Å². The van der Waals surface area contributed by atoms with E-state index in [0.717, 1.165) is 36.8 Å². The van der Waals surface area contributed by atoms with Gasteiger partial charge in [-0.3, -0.25) is 29.3 Å². The Balaban J connectivity index is -0.000000143. The minimum absolute atomic E-state index is 0. The van der Waals surface area contributed by atoms with Crippen LogP contribution in [-0.2, 0) is 37.9 Å². The number of nitrogens with zero attached hydrogens (tertiary/aromatic N) is 1. The van der Waals surface area contributed by atoms with Crippen molar-refractivity contribution >= 4 is 208 Å². The number of carboxylic acid groups (broad SMARTS) is 1. The number of amides is 2. The van der Waals surface area contributed by atoms with Crippen LogP contribution in [0.3, 0.4) is 0 Å². The summed E-state index contributed by atoms with van der Waals surface area (Å²) >= 11 is 10.7. The summed E-state index contributed by atoms with van der Waals surface area (Å²) < 4.78 is 22.7. The Bertz CT molecular complexity index is 2600. The van der Waals surface area contributed by atoms with E-state index in [-0.39, 0.29) is 65.1 Å². The van der Waals surface area contributed by atoms with E-state index in [1.807, 2.05) is 85.0 Å². The molecule has 0 heterocycles. The number of nitro benzene ring substituents is 1. The van der Waals surface area contributed by atoms with Crippen LogP contribution in [0.4, 0.5) is 28.4 Å². The molecule has 0 radical (unpaired) electrons. The van der Waals surface area contributed by atoms with E-state index in [4.69, 9.17) is 20.8 Å². The third-order valence-electron chi connectivity index (χ3n) is 7.35. The fourth-order valence-corrected chi connectivity index (χ4v) is 6.82. The quantitative estimate of drug-likeness (QED) is 0.0208. The van der Waals surface area contributed by atoms with Crippen LogP contribution in [0, 0.1) is 48.7 Å². The lowest BCUT2D eigenvalue weighted by Gasteiger charge is -2.06. The molecule has 0 saturated carbocycles. The van der Waals surface area contributed by atoms with E-state index in [9.17, 15) is 38.9 Å².